The van der Waals surface area contributed by atoms with E-state index in [9.17, 15) is 10.2 Å². The lowest BCUT2D eigenvalue weighted by Crippen LogP contribution is -1.95. The molecule has 0 aliphatic heterocycles. The Morgan fingerprint density at radius 1 is 1.33 bits per heavy atom. The average molecular weight is 250 g/mol. The van der Waals surface area contributed by atoms with Gasteiger partial charge < -0.3 is 19.5 Å². The first-order valence-electron chi connectivity index (χ1n) is 5.63. The van der Waals surface area contributed by atoms with Gasteiger partial charge in [0.15, 0.2) is 5.82 Å². The summed E-state index contributed by atoms with van der Waals surface area (Å²) in [6, 6.07) is 4.10. The Balaban J connectivity index is 2.16. The molecule has 0 aliphatic carbocycles. The predicted octanol–water partition coefficient (Wildman–Crippen LogP) is 2.07. The van der Waals surface area contributed by atoms with Gasteiger partial charge in [0.1, 0.15) is 18.1 Å². The molecular weight excluding hydrogens is 236 g/mol. The lowest BCUT2D eigenvalue weighted by Gasteiger charge is -1.99. The molecule has 2 aromatic rings. The molecule has 6 heteroatoms. The van der Waals surface area contributed by atoms with Crippen LogP contribution < -0.4 is 0 Å². The molecule has 0 spiro atoms. The van der Waals surface area contributed by atoms with Crippen molar-refractivity contribution in [3.05, 3.63) is 24.0 Å². The van der Waals surface area contributed by atoms with Crippen molar-refractivity contribution < 1.29 is 19.5 Å². The van der Waals surface area contributed by atoms with E-state index in [0.717, 1.165) is 6.42 Å². The number of rotatable bonds is 5. The zero-order valence-electron chi connectivity index (χ0n) is 9.96. The van der Waals surface area contributed by atoms with Crippen LogP contribution in [0.3, 0.4) is 0 Å². The van der Waals surface area contributed by atoms with E-state index in [4.69, 9.17) is 9.26 Å². The van der Waals surface area contributed by atoms with Crippen LogP contribution in [0.1, 0.15) is 19.2 Å². The van der Waals surface area contributed by atoms with E-state index < -0.39 is 0 Å². The Hall–Kier alpha value is -2.08. The van der Waals surface area contributed by atoms with E-state index in [-0.39, 0.29) is 24.0 Å². The topological polar surface area (TPSA) is 88.6 Å². The first-order chi connectivity index (χ1) is 8.70. The Morgan fingerprint density at radius 3 is 2.94 bits per heavy atom. The van der Waals surface area contributed by atoms with Gasteiger partial charge in [-0.15, -0.1) is 0 Å². The third-order valence-electron chi connectivity index (χ3n) is 2.26. The number of hydrogen-bond acceptors (Lipinski definition) is 6. The minimum absolute atomic E-state index is 0.0183. The van der Waals surface area contributed by atoms with Crippen molar-refractivity contribution in [2.24, 2.45) is 0 Å². The van der Waals surface area contributed by atoms with Crippen molar-refractivity contribution >= 4 is 0 Å². The van der Waals surface area contributed by atoms with Crippen LogP contribution >= 0.6 is 0 Å². The van der Waals surface area contributed by atoms with Crippen molar-refractivity contribution in [2.75, 3.05) is 6.61 Å². The van der Waals surface area contributed by atoms with E-state index in [1.807, 2.05) is 6.92 Å². The fourth-order valence-electron chi connectivity index (χ4n) is 1.43. The molecule has 0 unspecified atom stereocenters. The second-order valence-electron chi connectivity index (χ2n) is 3.77. The largest absolute Gasteiger partial charge is 0.508 e. The Bertz CT molecular complexity index is 525. The van der Waals surface area contributed by atoms with Gasteiger partial charge in [-0.3, -0.25) is 0 Å². The maximum atomic E-state index is 9.64. The molecule has 0 aliphatic rings. The predicted molar refractivity (Wildman–Crippen MR) is 63.0 cm³/mol. The third kappa shape index (κ3) is 2.78. The van der Waals surface area contributed by atoms with Gasteiger partial charge in [0.25, 0.3) is 5.89 Å². The Kier molecular flexibility index (Phi) is 3.78. The van der Waals surface area contributed by atoms with E-state index in [2.05, 4.69) is 10.1 Å². The fourth-order valence-corrected chi connectivity index (χ4v) is 1.43. The van der Waals surface area contributed by atoms with Gasteiger partial charge in [-0.05, 0) is 24.6 Å². The first kappa shape index (κ1) is 12.4. The highest BCUT2D eigenvalue weighted by Gasteiger charge is 2.13. The molecule has 96 valence electrons. The molecule has 1 aromatic carbocycles. The quantitative estimate of drug-likeness (QED) is 0.623. The second kappa shape index (κ2) is 5.50. The summed E-state index contributed by atoms with van der Waals surface area (Å²) in [5.74, 6) is 0.543. The Labute approximate surface area is 104 Å². The number of phenolic OH excluding ortho intramolecular Hbond substituents is 2. The number of hydrogen-bond donors (Lipinski definition) is 2. The molecule has 1 heterocycles. The van der Waals surface area contributed by atoms with Crippen LogP contribution in [0.2, 0.25) is 0 Å². The summed E-state index contributed by atoms with van der Waals surface area (Å²) >= 11 is 0. The molecule has 0 bridgehead atoms. The molecule has 0 saturated carbocycles. The molecule has 0 atom stereocenters. The van der Waals surface area contributed by atoms with Gasteiger partial charge in [0, 0.05) is 6.61 Å². The maximum Gasteiger partial charge on any atom is 0.261 e. The Morgan fingerprint density at radius 2 is 2.17 bits per heavy atom. The third-order valence-corrected chi connectivity index (χ3v) is 2.26. The zero-order valence-corrected chi connectivity index (χ0v) is 9.96. The molecule has 0 fully saturated rings. The van der Waals surface area contributed by atoms with Crippen LogP contribution in [0.15, 0.2) is 22.7 Å². The van der Waals surface area contributed by atoms with Crippen LogP contribution in [0.5, 0.6) is 11.5 Å². The molecular formula is C12H14N2O4. The summed E-state index contributed by atoms with van der Waals surface area (Å²) < 4.78 is 10.3. The smallest absolute Gasteiger partial charge is 0.261 e. The summed E-state index contributed by atoms with van der Waals surface area (Å²) in [5.41, 5.74) is 0.296. The van der Waals surface area contributed by atoms with Gasteiger partial charge in [-0.25, -0.2) is 0 Å². The lowest BCUT2D eigenvalue weighted by atomic mass is 10.2. The van der Waals surface area contributed by atoms with Gasteiger partial charge in [-0.2, -0.15) is 4.98 Å². The molecule has 6 nitrogen and oxygen atoms in total. The van der Waals surface area contributed by atoms with Crippen LogP contribution in [0.25, 0.3) is 11.5 Å². The highest BCUT2D eigenvalue weighted by atomic mass is 16.5. The molecule has 0 amide bonds. The molecule has 2 rings (SSSR count). The number of nitrogens with zero attached hydrogens (tertiary/aromatic N) is 2. The zero-order chi connectivity index (χ0) is 13.0. The van der Waals surface area contributed by atoms with Crippen molar-refractivity contribution in [3.8, 4) is 23.0 Å². The standard InChI is InChI=1S/C12H14N2O4/c1-2-5-17-7-11-13-12(18-14-11)9-6-8(15)3-4-10(9)16/h3-4,6,15-16H,2,5,7H2,1H3. The molecule has 1 aromatic heterocycles. The second-order valence-corrected chi connectivity index (χ2v) is 3.77. The van der Waals surface area contributed by atoms with Crippen LogP contribution in [-0.4, -0.2) is 27.0 Å². The fraction of sp³-hybridized carbons (Fsp3) is 0.333. The van der Waals surface area contributed by atoms with E-state index in [1.165, 1.54) is 18.2 Å². The molecule has 0 radical (unpaired) electrons. The van der Waals surface area contributed by atoms with Gasteiger partial charge in [0.05, 0.1) is 5.56 Å². The number of aromatic hydroxyl groups is 2. The normalized spacial score (nSPS) is 10.7. The van der Waals surface area contributed by atoms with Gasteiger partial charge >= 0.3 is 0 Å². The number of ether oxygens (including phenoxy) is 1. The van der Waals surface area contributed by atoms with E-state index in [1.54, 1.807) is 0 Å². The van der Waals surface area contributed by atoms with Crippen LogP contribution in [0, 0.1) is 0 Å². The van der Waals surface area contributed by atoms with Gasteiger partial charge in [0.2, 0.25) is 0 Å². The van der Waals surface area contributed by atoms with Crippen molar-refractivity contribution in [1.82, 2.24) is 10.1 Å². The maximum absolute atomic E-state index is 9.64. The number of phenols is 2. The van der Waals surface area contributed by atoms with Gasteiger partial charge in [-0.1, -0.05) is 12.1 Å². The number of aromatic nitrogens is 2. The van der Waals surface area contributed by atoms with E-state index in [0.29, 0.717) is 18.0 Å². The highest BCUT2D eigenvalue weighted by molar-refractivity contribution is 5.64. The van der Waals surface area contributed by atoms with E-state index >= 15 is 0 Å². The number of benzene rings is 1. The highest BCUT2D eigenvalue weighted by Crippen LogP contribution is 2.30. The molecule has 2 N–H and O–H groups in total. The summed E-state index contributed by atoms with van der Waals surface area (Å²) in [4.78, 5) is 4.08. The van der Waals surface area contributed by atoms with Crippen molar-refractivity contribution in [1.29, 1.82) is 0 Å². The summed E-state index contributed by atoms with van der Waals surface area (Å²) in [7, 11) is 0. The summed E-state index contributed by atoms with van der Waals surface area (Å²) in [6.07, 6.45) is 0.915. The minimum Gasteiger partial charge on any atom is -0.508 e. The molecule has 0 saturated heterocycles. The summed E-state index contributed by atoms with van der Waals surface area (Å²) in [6.45, 7) is 2.89. The SMILES string of the molecule is CCCOCc1noc(-c2cc(O)ccc2O)n1. The summed E-state index contributed by atoms with van der Waals surface area (Å²) in [5, 5.41) is 22.7. The monoisotopic (exact) mass is 250 g/mol. The average Bonchev–Trinajstić information content (AvgIpc) is 2.81. The van der Waals surface area contributed by atoms with Crippen LogP contribution in [0.4, 0.5) is 0 Å². The van der Waals surface area contributed by atoms with Crippen LogP contribution in [-0.2, 0) is 11.3 Å². The lowest BCUT2D eigenvalue weighted by molar-refractivity contribution is 0.114. The molecule has 18 heavy (non-hydrogen) atoms. The van der Waals surface area contributed by atoms with Crippen molar-refractivity contribution in [3.63, 3.8) is 0 Å². The first-order valence-corrected chi connectivity index (χ1v) is 5.63. The minimum atomic E-state index is -0.0301. The van der Waals surface area contributed by atoms with Crippen molar-refractivity contribution in [2.45, 2.75) is 20.0 Å².